The van der Waals surface area contributed by atoms with Crippen molar-refractivity contribution >= 4 is 21.6 Å². The van der Waals surface area contributed by atoms with Gasteiger partial charge in [-0.2, -0.15) is 0 Å². The average molecular weight is 283 g/mol. The highest BCUT2D eigenvalue weighted by atomic mass is 32.2. The SMILES string of the molecule is C=CCNCC(=O)Nc1ccc(C)c(S(N)(=O)=O)c1. The van der Waals surface area contributed by atoms with E-state index in [4.69, 9.17) is 5.14 Å². The van der Waals surface area contributed by atoms with Crippen molar-refractivity contribution in [3.05, 3.63) is 36.4 Å². The molecule has 104 valence electrons. The highest BCUT2D eigenvalue weighted by Crippen LogP contribution is 2.18. The molecule has 0 atom stereocenters. The van der Waals surface area contributed by atoms with Gasteiger partial charge in [0.2, 0.25) is 15.9 Å². The number of hydrogen-bond acceptors (Lipinski definition) is 4. The summed E-state index contributed by atoms with van der Waals surface area (Å²) in [6.07, 6.45) is 1.64. The lowest BCUT2D eigenvalue weighted by Crippen LogP contribution is -2.28. The number of anilines is 1. The molecule has 0 radical (unpaired) electrons. The number of benzene rings is 1. The Hall–Kier alpha value is -1.70. The van der Waals surface area contributed by atoms with Crippen LogP contribution in [0, 0.1) is 6.92 Å². The summed E-state index contributed by atoms with van der Waals surface area (Å²) in [6, 6.07) is 4.55. The number of primary sulfonamides is 1. The highest BCUT2D eigenvalue weighted by molar-refractivity contribution is 7.89. The van der Waals surface area contributed by atoms with Crippen molar-refractivity contribution < 1.29 is 13.2 Å². The molecule has 1 amide bonds. The van der Waals surface area contributed by atoms with E-state index in [1.54, 1.807) is 25.1 Å². The molecule has 0 fully saturated rings. The molecule has 0 bridgehead atoms. The number of sulfonamides is 1. The van der Waals surface area contributed by atoms with E-state index in [2.05, 4.69) is 17.2 Å². The zero-order valence-corrected chi connectivity index (χ0v) is 11.5. The Morgan fingerprint density at radius 1 is 1.47 bits per heavy atom. The fourth-order valence-corrected chi connectivity index (χ4v) is 2.29. The Morgan fingerprint density at radius 2 is 2.16 bits per heavy atom. The van der Waals surface area contributed by atoms with Crippen molar-refractivity contribution in [3.8, 4) is 0 Å². The molecule has 0 heterocycles. The normalized spacial score (nSPS) is 11.1. The largest absolute Gasteiger partial charge is 0.325 e. The fraction of sp³-hybridized carbons (Fsp3) is 0.250. The van der Waals surface area contributed by atoms with Gasteiger partial charge in [0, 0.05) is 12.2 Å². The fourth-order valence-electron chi connectivity index (χ4n) is 1.48. The Kier molecular flexibility index (Phi) is 5.22. The summed E-state index contributed by atoms with van der Waals surface area (Å²) in [7, 11) is -3.79. The third kappa shape index (κ3) is 4.82. The Morgan fingerprint density at radius 3 is 2.74 bits per heavy atom. The van der Waals surface area contributed by atoms with E-state index in [0.717, 1.165) is 0 Å². The van der Waals surface area contributed by atoms with Crippen molar-refractivity contribution in [1.82, 2.24) is 5.32 Å². The maximum Gasteiger partial charge on any atom is 0.238 e. The molecule has 0 aliphatic rings. The van der Waals surface area contributed by atoms with Gasteiger partial charge in [-0.15, -0.1) is 6.58 Å². The van der Waals surface area contributed by atoms with Crippen molar-refractivity contribution in [3.63, 3.8) is 0 Å². The van der Waals surface area contributed by atoms with E-state index in [1.165, 1.54) is 6.07 Å². The molecule has 0 aromatic heterocycles. The molecule has 7 heteroatoms. The van der Waals surface area contributed by atoms with Crippen LogP contribution in [-0.2, 0) is 14.8 Å². The number of nitrogens with one attached hydrogen (secondary N) is 2. The van der Waals surface area contributed by atoms with Crippen LogP contribution in [0.15, 0.2) is 35.7 Å². The quantitative estimate of drug-likeness (QED) is 0.518. The Labute approximate surface area is 112 Å². The maximum absolute atomic E-state index is 11.5. The lowest BCUT2D eigenvalue weighted by Gasteiger charge is -2.09. The number of aryl methyl sites for hydroxylation is 1. The first-order valence-corrected chi connectivity index (χ1v) is 7.14. The van der Waals surface area contributed by atoms with E-state index in [0.29, 0.717) is 17.8 Å². The summed E-state index contributed by atoms with van der Waals surface area (Å²) < 4.78 is 22.7. The van der Waals surface area contributed by atoms with Gasteiger partial charge in [0.15, 0.2) is 0 Å². The predicted octanol–water partition coefficient (Wildman–Crippen LogP) is 0.357. The molecule has 0 saturated carbocycles. The standard InChI is InChI=1S/C12H17N3O3S/c1-3-6-14-8-12(16)15-10-5-4-9(2)11(7-10)19(13,17)18/h3-5,7,14H,1,6,8H2,2H3,(H,15,16)(H2,13,17,18). The molecule has 19 heavy (non-hydrogen) atoms. The molecule has 0 aliphatic carbocycles. The van der Waals surface area contributed by atoms with Crippen LogP contribution in [0.2, 0.25) is 0 Å². The molecule has 1 aromatic carbocycles. The number of carbonyl (C=O) groups is 1. The van der Waals surface area contributed by atoms with Gasteiger partial charge in [-0.25, -0.2) is 13.6 Å². The van der Waals surface area contributed by atoms with Crippen molar-refractivity contribution in [2.45, 2.75) is 11.8 Å². The summed E-state index contributed by atoms with van der Waals surface area (Å²) in [5, 5.41) is 10.5. The van der Waals surface area contributed by atoms with Crippen LogP contribution in [0.5, 0.6) is 0 Å². The maximum atomic E-state index is 11.5. The van der Waals surface area contributed by atoms with Gasteiger partial charge in [0.25, 0.3) is 0 Å². The van der Waals surface area contributed by atoms with Crippen LogP contribution in [0.1, 0.15) is 5.56 Å². The van der Waals surface area contributed by atoms with Crippen molar-refractivity contribution in [2.24, 2.45) is 5.14 Å². The summed E-state index contributed by atoms with van der Waals surface area (Å²) >= 11 is 0. The monoisotopic (exact) mass is 283 g/mol. The number of rotatable bonds is 6. The molecule has 0 saturated heterocycles. The minimum atomic E-state index is -3.79. The Bertz CT molecular complexity index is 582. The lowest BCUT2D eigenvalue weighted by atomic mass is 10.2. The third-order valence-corrected chi connectivity index (χ3v) is 3.41. The van der Waals surface area contributed by atoms with Crippen LogP contribution in [0.25, 0.3) is 0 Å². The second kappa shape index (κ2) is 6.46. The molecule has 0 aliphatic heterocycles. The number of amides is 1. The third-order valence-electron chi connectivity index (χ3n) is 2.35. The molecular formula is C12H17N3O3S. The zero-order chi connectivity index (χ0) is 14.5. The van der Waals surface area contributed by atoms with Crippen molar-refractivity contribution in [2.75, 3.05) is 18.4 Å². The second-order valence-electron chi connectivity index (χ2n) is 3.99. The molecule has 0 unspecified atom stereocenters. The van der Waals surface area contributed by atoms with Gasteiger partial charge in [0.05, 0.1) is 11.4 Å². The number of nitrogens with two attached hydrogens (primary N) is 1. The Balaban J connectivity index is 2.80. The van der Waals surface area contributed by atoms with E-state index >= 15 is 0 Å². The number of hydrogen-bond donors (Lipinski definition) is 3. The van der Waals surface area contributed by atoms with E-state index in [-0.39, 0.29) is 17.3 Å². The van der Waals surface area contributed by atoms with Gasteiger partial charge in [-0.05, 0) is 24.6 Å². The van der Waals surface area contributed by atoms with E-state index in [1.807, 2.05) is 0 Å². The smallest absolute Gasteiger partial charge is 0.238 e. The van der Waals surface area contributed by atoms with Gasteiger partial charge < -0.3 is 10.6 Å². The average Bonchev–Trinajstić information content (AvgIpc) is 2.30. The first-order valence-electron chi connectivity index (χ1n) is 5.59. The van der Waals surface area contributed by atoms with E-state index in [9.17, 15) is 13.2 Å². The molecule has 6 nitrogen and oxygen atoms in total. The molecule has 4 N–H and O–H groups in total. The molecular weight excluding hydrogens is 266 g/mol. The van der Waals surface area contributed by atoms with E-state index < -0.39 is 10.0 Å². The first kappa shape index (κ1) is 15.4. The molecule has 1 rings (SSSR count). The highest BCUT2D eigenvalue weighted by Gasteiger charge is 2.12. The topological polar surface area (TPSA) is 101 Å². The minimum absolute atomic E-state index is 0.00403. The summed E-state index contributed by atoms with van der Waals surface area (Å²) in [5.41, 5.74) is 0.922. The minimum Gasteiger partial charge on any atom is -0.325 e. The van der Waals surface area contributed by atoms with Gasteiger partial charge in [-0.1, -0.05) is 12.1 Å². The second-order valence-corrected chi connectivity index (χ2v) is 5.52. The van der Waals surface area contributed by atoms with Crippen LogP contribution >= 0.6 is 0 Å². The summed E-state index contributed by atoms with van der Waals surface area (Å²) in [5.74, 6) is -0.272. The van der Waals surface area contributed by atoms with Gasteiger partial charge in [-0.3, -0.25) is 4.79 Å². The van der Waals surface area contributed by atoms with Gasteiger partial charge >= 0.3 is 0 Å². The zero-order valence-electron chi connectivity index (χ0n) is 10.6. The van der Waals surface area contributed by atoms with Crippen LogP contribution < -0.4 is 15.8 Å². The van der Waals surface area contributed by atoms with Crippen molar-refractivity contribution in [1.29, 1.82) is 0 Å². The first-order chi connectivity index (χ1) is 8.84. The predicted molar refractivity (Wildman–Crippen MR) is 74.2 cm³/mol. The summed E-state index contributed by atoms with van der Waals surface area (Å²) in [4.78, 5) is 11.5. The summed E-state index contributed by atoms with van der Waals surface area (Å²) in [6.45, 7) is 5.78. The molecule has 0 spiro atoms. The van der Waals surface area contributed by atoms with Gasteiger partial charge in [0.1, 0.15) is 0 Å². The lowest BCUT2D eigenvalue weighted by molar-refractivity contribution is -0.115. The number of carbonyl (C=O) groups excluding carboxylic acids is 1. The van der Waals surface area contributed by atoms with Crippen LogP contribution in [0.4, 0.5) is 5.69 Å². The molecule has 1 aromatic rings. The van der Waals surface area contributed by atoms with Crippen LogP contribution in [-0.4, -0.2) is 27.4 Å². The van der Waals surface area contributed by atoms with Crippen LogP contribution in [0.3, 0.4) is 0 Å².